The van der Waals surface area contributed by atoms with E-state index in [9.17, 15) is 0 Å². The molecule has 0 atom stereocenters. The lowest BCUT2D eigenvalue weighted by Crippen LogP contribution is -2.00. The van der Waals surface area contributed by atoms with Crippen LogP contribution in [0, 0.1) is 3.57 Å². The maximum absolute atomic E-state index is 5.69. The first-order chi connectivity index (χ1) is 10.2. The first-order valence-corrected chi connectivity index (χ1v) is 8.17. The lowest BCUT2D eigenvalue weighted by molar-refractivity contribution is 0.514. The highest BCUT2D eigenvalue weighted by atomic mass is 127. The van der Waals surface area contributed by atoms with Crippen LogP contribution in [0.4, 0.5) is 5.69 Å². The lowest BCUT2D eigenvalue weighted by Gasteiger charge is -2.05. The maximum atomic E-state index is 5.69. The molecule has 3 rings (SSSR count). The molecule has 0 aliphatic heterocycles. The molecule has 0 aliphatic rings. The van der Waals surface area contributed by atoms with Crippen LogP contribution < -0.4 is 5.32 Å². The van der Waals surface area contributed by atoms with E-state index in [2.05, 4.69) is 54.0 Å². The second-order valence-corrected chi connectivity index (χ2v) is 6.33. The Labute approximate surface area is 144 Å². The average Bonchev–Trinajstić information content (AvgIpc) is 2.96. The number of anilines is 1. The Balaban J connectivity index is 1.74. The van der Waals surface area contributed by atoms with Gasteiger partial charge in [-0.05, 0) is 62.8 Å². The van der Waals surface area contributed by atoms with Crippen molar-refractivity contribution in [1.82, 2.24) is 10.2 Å². The SMILES string of the molecule is Brc1ccccc1-c1nnc(CNc2ccccc2I)o1. The van der Waals surface area contributed by atoms with E-state index in [1.54, 1.807) is 0 Å². The summed E-state index contributed by atoms with van der Waals surface area (Å²) in [7, 11) is 0. The molecule has 0 radical (unpaired) electrons. The molecule has 2 aromatic carbocycles. The number of para-hydroxylation sites is 1. The number of rotatable bonds is 4. The third-order valence-electron chi connectivity index (χ3n) is 2.88. The van der Waals surface area contributed by atoms with Gasteiger partial charge in [-0.25, -0.2) is 0 Å². The van der Waals surface area contributed by atoms with Gasteiger partial charge in [0.05, 0.1) is 12.1 Å². The predicted octanol–water partition coefficient (Wildman–Crippen LogP) is 4.72. The van der Waals surface area contributed by atoms with Crippen LogP contribution in [0.1, 0.15) is 5.89 Å². The fraction of sp³-hybridized carbons (Fsp3) is 0.0667. The van der Waals surface area contributed by atoms with Crippen molar-refractivity contribution in [1.29, 1.82) is 0 Å². The molecular weight excluding hydrogens is 445 g/mol. The molecule has 21 heavy (non-hydrogen) atoms. The van der Waals surface area contributed by atoms with E-state index in [0.29, 0.717) is 18.3 Å². The molecule has 3 aromatic rings. The molecule has 106 valence electrons. The van der Waals surface area contributed by atoms with Crippen molar-refractivity contribution < 1.29 is 4.42 Å². The van der Waals surface area contributed by atoms with Crippen molar-refractivity contribution in [2.75, 3.05) is 5.32 Å². The van der Waals surface area contributed by atoms with E-state index in [-0.39, 0.29) is 0 Å². The van der Waals surface area contributed by atoms with E-state index in [1.165, 1.54) is 0 Å². The molecular formula is C15H11BrIN3O. The van der Waals surface area contributed by atoms with Gasteiger partial charge in [0.2, 0.25) is 11.8 Å². The summed E-state index contributed by atoms with van der Waals surface area (Å²) >= 11 is 5.77. The highest BCUT2D eigenvalue weighted by Gasteiger charge is 2.11. The zero-order chi connectivity index (χ0) is 14.7. The van der Waals surface area contributed by atoms with Gasteiger partial charge in [-0.15, -0.1) is 10.2 Å². The summed E-state index contributed by atoms with van der Waals surface area (Å²) in [5, 5.41) is 11.5. The minimum Gasteiger partial charge on any atom is -0.419 e. The number of hydrogen-bond acceptors (Lipinski definition) is 4. The van der Waals surface area contributed by atoms with Crippen molar-refractivity contribution in [3.63, 3.8) is 0 Å². The number of hydrogen-bond donors (Lipinski definition) is 1. The molecule has 1 N–H and O–H groups in total. The van der Waals surface area contributed by atoms with Gasteiger partial charge in [0.15, 0.2) is 0 Å². The third kappa shape index (κ3) is 3.44. The van der Waals surface area contributed by atoms with E-state index in [4.69, 9.17) is 4.42 Å². The first kappa shape index (κ1) is 14.5. The molecule has 1 heterocycles. The molecule has 0 aliphatic carbocycles. The number of halogens is 2. The van der Waals surface area contributed by atoms with Gasteiger partial charge in [-0.2, -0.15) is 0 Å². The summed E-state index contributed by atoms with van der Waals surface area (Å²) < 4.78 is 7.78. The Morgan fingerprint density at radius 3 is 2.62 bits per heavy atom. The molecule has 0 spiro atoms. The Morgan fingerprint density at radius 2 is 1.81 bits per heavy atom. The smallest absolute Gasteiger partial charge is 0.248 e. The molecule has 0 fully saturated rings. The number of nitrogens with zero attached hydrogens (tertiary/aromatic N) is 2. The number of nitrogens with one attached hydrogen (secondary N) is 1. The molecule has 0 amide bonds. The Morgan fingerprint density at radius 1 is 1.05 bits per heavy atom. The van der Waals surface area contributed by atoms with Crippen LogP contribution in [-0.2, 0) is 6.54 Å². The minimum absolute atomic E-state index is 0.497. The van der Waals surface area contributed by atoms with Gasteiger partial charge >= 0.3 is 0 Å². The topological polar surface area (TPSA) is 51.0 Å². The Hall–Kier alpha value is -1.41. The van der Waals surface area contributed by atoms with Crippen LogP contribution in [0.2, 0.25) is 0 Å². The van der Waals surface area contributed by atoms with Crippen LogP contribution in [-0.4, -0.2) is 10.2 Å². The quantitative estimate of drug-likeness (QED) is 0.578. The predicted molar refractivity (Wildman–Crippen MR) is 93.9 cm³/mol. The van der Waals surface area contributed by atoms with Gasteiger partial charge < -0.3 is 9.73 Å². The van der Waals surface area contributed by atoms with Crippen molar-refractivity contribution in [2.24, 2.45) is 0 Å². The standard InChI is InChI=1S/C15H11BrIN3O/c16-11-6-2-1-5-10(11)15-20-19-14(21-15)9-18-13-8-4-3-7-12(13)17/h1-8,18H,9H2. The van der Waals surface area contributed by atoms with Crippen molar-refractivity contribution in [3.05, 3.63) is 62.5 Å². The van der Waals surface area contributed by atoms with Crippen molar-refractivity contribution >= 4 is 44.2 Å². The summed E-state index contributed by atoms with van der Waals surface area (Å²) in [5.41, 5.74) is 1.95. The zero-order valence-corrected chi connectivity index (χ0v) is 14.6. The highest BCUT2D eigenvalue weighted by molar-refractivity contribution is 14.1. The summed E-state index contributed by atoms with van der Waals surface area (Å²) in [6.45, 7) is 0.497. The van der Waals surface area contributed by atoms with E-state index >= 15 is 0 Å². The first-order valence-electron chi connectivity index (χ1n) is 6.30. The summed E-state index contributed by atoms with van der Waals surface area (Å²) in [5.74, 6) is 1.07. The maximum Gasteiger partial charge on any atom is 0.248 e. The van der Waals surface area contributed by atoms with Gasteiger partial charge in [0.25, 0.3) is 0 Å². The fourth-order valence-corrected chi connectivity index (χ4v) is 2.88. The van der Waals surface area contributed by atoms with Crippen LogP contribution in [0.5, 0.6) is 0 Å². The van der Waals surface area contributed by atoms with Gasteiger partial charge in [-0.1, -0.05) is 24.3 Å². The van der Waals surface area contributed by atoms with Crippen LogP contribution in [0.3, 0.4) is 0 Å². The third-order valence-corrected chi connectivity index (χ3v) is 4.51. The Kier molecular flexibility index (Phi) is 4.54. The molecule has 0 bridgehead atoms. The molecule has 0 saturated heterocycles. The van der Waals surface area contributed by atoms with Crippen LogP contribution in [0.15, 0.2) is 57.4 Å². The van der Waals surface area contributed by atoms with Gasteiger partial charge in [0.1, 0.15) is 0 Å². The second kappa shape index (κ2) is 6.57. The van der Waals surface area contributed by atoms with Crippen LogP contribution >= 0.6 is 38.5 Å². The van der Waals surface area contributed by atoms with E-state index in [1.807, 2.05) is 48.5 Å². The summed E-state index contributed by atoms with van der Waals surface area (Å²) in [6.07, 6.45) is 0. The highest BCUT2D eigenvalue weighted by Crippen LogP contribution is 2.27. The van der Waals surface area contributed by atoms with Crippen molar-refractivity contribution in [3.8, 4) is 11.5 Å². The second-order valence-electron chi connectivity index (χ2n) is 4.31. The molecule has 1 aromatic heterocycles. The molecule has 0 unspecified atom stereocenters. The van der Waals surface area contributed by atoms with Crippen molar-refractivity contribution in [2.45, 2.75) is 6.54 Å². The number of benzene rings is 2. The van der Waals surface area contributed by atoms with Crippen LogP contribution in [0.25, 0.3) is 11.5 Å². The average molecular weight is 456 g/mol. The monoisotopic (exact) mass is 455 g/mol. The summed E-state index contributed by atoms with van der Waals surface area (Å²) in [6, 6.07) is 15.8. The zero-order valence-electron chi connectivity index (χ0n) is 10.9. The Bertz CT molecular complexity index is 760. The minimum atomic E-state index is 0.497. The lowest BCUT2D eigenvalue weighted by atomic mass is 10.2. The fourth-order valence-electron chi connectivity index (χ4n) is 1.84. The van der Waals surface area contributed by atoms with Gasteiger partial charge in [0, 0.05) is 13.7 Å². The molecule has 6 heteroatoms. The number of aromatic nitrogens is 2. The summed E-state index contributed by atoms with van der Waals surface area (Å²) in [4.78, 5) is 0. The molecule has 0 saturated carbocycles. The van der Waals surface area contributed by atoms with Gasteiger partial charge in [-0.3, -0.25) is 0 Å². The normalized spacial score (nSPS) is 10.6. The van der Waals surface area contributed by atoms with E-state index in [0.717, 1.165) is 19.3 Å². The largest absolute Gasteiger partial charge is 0.419 e. The molecule has 4 nitrogen and oxygen atoms in total. The van der Waals surface area contributed by atoms with E-state index < -0.39 is 0 Å².